The summed E-state index contributed by atoms with van der Waals surface area (Å²) in [7, 11) is 3.09. The molecule has 0 aliphatic carbocycles. The molecule has 4 nitrogen and oxygen atoms in total. The Morgan fingerprint density at radius 1 is 0.871 bits per heavy atom. The van der Waals surface area contributed by atoms with Gasteiger partial charge in [-0.1, -0.05) is 22.0 Å². The lowest BCUT2D eigenvalue weighted by atomic mass is 10.1. The standard InChI is InChI=1S/C24H20BrFO4S/c1-27-18-8-9-19-22(14-18)31-24(15-3-10-20(26)21(13-15)28-2)23(19)30-17-6-4-16(5-7-17)29-12-11-25/h3-10,13-14H,11-12H2,1-2H3. The number of hydrogen-bond donors (Lipinski definition) is 0. The summed E-state index contributed by atoms with van der Waals surface area (Å²) in [5, 5.41) is 1.71. The molecule has 0 unspecified atom stereocenters. The topological polar surface area (TPSA) is 36.9 Å². The van der Waals surface area contributed by atoms with Crippen molar-refractivity contribution in [3.63, 3.8) is 0 Å². The SMILES string of the molecule is COc1ccc2c(Oc3ccc(OCCBr)cc3)c(-c3ccc(F)c(OC)c3)sc2c1. The quantitative estimate of drug-likeness (QED) is 0.237. The molecule has 0 spiro atoms. The first kappa shape index (κ1) is 21.5. The van der Waals surface area contributed by atoms with Gasteiger partial charge in [-0.15, -0.1) is 11.3 Å². The van der Waals surface area contributed by atoms with Gasteiger partial charge in [0.05, 0.1) is 25.7 Å². The molecule has 31 heavy (non-hydrogen) atoms. The molecular formula is C24H20BrFO4S. The Morgan fingerprint density at radius 3 is 2.32 bits per heavy atom. The van der Waals surface area contributed by atoms with E-state index in [1.54, 1.807) is 30.6 Å². The van der Waals surface area contributed by atoms with E-state index in [2.05, 4.69) is 15.9 Å². The first-order chi connectivity index (χ1) is 15.1. The Bertz CT molecular complexity index is 1190. The lowest BCUT2D eigenvalue weighted by molar-refractivity contribution is 0.344. The fourth-order valence-corrected chi connectivity index (χ4v) is 4.47. The summed E-state index contributed by atoms with van der Waals surface area (Å²) in [6, 6.07) is 18.1. The minimum atomic E-state index is -0.407. The lowest BCUT2D eigenvalue weighted by Gasteiger charge is -2.10. The summed E-state index contributed by atoms with van der Waals surface area (Å²) in [4.78, 5) is 0.876. The summed E-state index contributed by atoms with van der Waals surface area (Å²) in [5.41, 5.74) is 0.811. The molecule has 4 rings (SSSR count). The van der Waals surface area contributed by atoms with Gasteiger partial charge in [-0.05, 0) is 60.2 Å². The van der Waals surface area contributed by atoms with Crippen LogP contribution in [0.1, 0.15) is 0 Å². The number of hydrogen-bond acceptors (Lipinski definition) is 5. The molecule has 0 bridgehead atoms. The summed E-state index contributed by atoms with van der Waals surface area (Å²) >= 11 is 4.90. The monoisotopic (exact) mass is 502 g/mol. The van der Waals surface area contributed by atoms with Crippen LogP contribution >= 0.6 is 27.3 Å². The normalized spacial score (nSPS) is 10.8. The highest BCUT2D eigenvalue weighted by molar-refractivity contribution is 9.09. The number of ether oxygens (including phenoxy) is 4. The molecule has 0 saturated heterocycles. The van der Waals surface area contributed by atoms with E-state index in [9.17, 15) is 4.39 Å². The van der Waals surface area contributed by atoms with Gasteiger partial charge in [0.2, 0.25) is 0 Å². The minimum absolute atomic E-state index is 0.187. The van der Waals surface area contributed by atoms with Crippen molar-refractivity contribution in [3.05, 3.63) is 66.5 Å². The van der Waals surface area contributed by atoms with Crippen LogP contribution in [0.5, 0.6) is 28.7 Å². The van der Waals surface area contributed by atoms with Crippen molar-refractivity contribution < 1.29 is 23.3 Å². The van der Waals surface area contributed by atoms with Crippen LogP contribution in [0.4, 0.5) is 4.39 Å². The van der Waals surface area contributed by atoms with Gasteiger partial charge in [-0.3, -0.25) is 0 Å². The van der Waals surface area contributed by atoms with E-state index in [0.29, 0.717) is 18.1 Å². The molecule has 7 heteroatoms. The maximum Gasteiger partial charge on any atom is 0.165 e. The van der Waals surface area contributed by atoms with Gasteiger partial charge in [0.15, 0.2) is 17.3 Å². The van der Waals surface area contributed by atoms with E-state index >= 15 is 0 Å². The minimum Gasteiger partial charge on any atom is -0.497 e. The molecule has 0 amide bonds. The predicted octanol–water partition coefficient (Wildman–Crippen LogP) is 7.29. The van der Waals surface area contributed by atoms with Crippen LogP contribution in [0.2, 0.25) is 0 Å². The van der Waals surface area contributed by atoms with E-state index in [0.717, 1.165) is 37.4 Å². The van der Waals surface area contributed by atoms with E-state index in [1.807, 2.05) is 42.5 Å². The molecule has 0 fully saturated rings. The van der Waals surface area contributed by atoms with E-state index < -0.39 is 5.82 Å². The molecule has 0 saturated carbocycles. The van der Waals surface area contributed by atoms with Crippen LogP contribution in [0.3, 0.4) is 0 Å². The number of alkyl halides is 1. The number of thiophene rings is 1. The Labute approximate surface area is 192 Å². The summed E-state index contributed by atoms with van der Waals surface area (Å²) < 4.78 is 37.5. The van der Waals surface area contributed by atoms with E-state index in [1.165, 1.54) is 13.2 Å². The van der Waals surface area contributed by atoms with Gasteiger partial charge in [0.1, 0.15) is 17.2 Å². The molecule has 0 atom stereocenters. The highest BCUT2D eigenvalue weighted by Crippen LogP contribution is 2.48. The Kier molecular flexibility index (Phi) is 6.63. The molecule has 160 valence electrons. The number of benzene rings is 3. The van der Waals surface area contributed by atoms with Crippen molar-refractivity contribution >= 4 is 37.4 Å². The average molecular weight is 503 g/mol. The fraction of sp³-hybridized carbons (Fsp3) is 0.167. The van der Waals surface area contributed by atoms with Crippen LogP contribution in [0.25, 0.3) is 20.5 Å². The van der Waals surface area contributed by atoms with Crippen LogP contribution in [-0.4, -0.2) is 26.2 Å². The zero-order chi connectivity index (χ0) is 21.8. The number of halogens is 2. The van der Waals surface area contributed by atoms with Crippen molar-refractivity contribution in [1.29, 1.82) is 0 Å². The molecule has 0 radical (unpaired) electrons. The molecule has 3 aromatic carbocycles. The van der Waals surface area contributed by atoms with E-state index in [4.69, 9.17) is 18.9 Å². The number of methoxy groups -OCH3 is 2. The van der Waals surface area contributed by atoms with Gasteiger partial charge in [-0.2, -0.15) is 0 Å². The highest BCUT2D eigenvalue weighted by atomic mass is 79.9. The second-order valence-electron chi connectivity index (χ2n) is 6.58. The first-order valence-electron chi connectivity index (χ1n) is 9.54. The van der Waals surface area contributed by atoms with Gasteiger partial charge in [-0.25, -0.2) is 4.39 Å². The second kappa shape index (κ2) is 9.58. The molecule has 1 aromatic heterocycles. The zero-order valence-corrected chi connectivity index (χ0v) is 19.4. The van der Waals surface area contributed by atoms with E-state index in [-0.39, 0.29) is 5.75 Å². The van der Waals surface area contributed by atoms with Crippen molar-refractivity contribution in [2.45, 2.75) is 0 Å². The predicted molar refractivity (Wildman–Crippen MR) is 126 cm³/mol. The van der Waals surface area contributed by atoms with Crippen molar-refractivity contribution in [3.8, 4) is 39.2 Å². The molecule has 0 aliphatic rings. The van der Waals surface area contributed by atoms with Crippen LogP contribution in [-0.2, 0) is 0 Å². The Morgan fingerprint density at radius 2 is 1.61 bits per heavy atom. The molecule has 0 aliphatic heterocycles. The Balaban J connectivity index is 1.78. The molecule has 1 heterocycles. The number of rotatable bonds is 8. The third-order valence-electron chi connectivity index (χ3n) is 4.65. The van der Waals surface area contributed by atoms with Gasteiger partial charge < -0.3 is 18.9 Å². The van der Waals surface area contributed by atoms with Gasteiger partial charge in [0.25, 0.3) is 0 Å². The number of fused-ring (bicyclic) bond motifs is 1. The van der Waals surface area contributed by atoms with Crippen molar-refractivity contribution in [2.75, 3.05) is 26.2 Å². The van der Waals surface area contributed by atoms with Gasteiger partial charge >= 0.3 is 0 Å². The summed E-state index contributed by atoms with van der Waals surface area (Å²) in [6.45, 7) is 0.591. The van der Waals surface area contributed by atoms with Crippen molar-refractivity contribution in [2.24, 2.45) is 0 Å². The molecule has 4 aromatic rings. The van der Waals surface area contributed by atoms with Crippen LogP contribution in [0, 0.1) is 5.82 Å². The molecule has 0 N–H and O–H groups in total. The lowest BCUT2D eigenvalue weighted by Crippen LogP contribution is -1.97. The fourth-order valence-electron chi connectivity index (χ4n) is 3.15. The summed E-state index contributed by atoms with van der Waals surface area (Å²) in [6.07, 6.45) is 0. The van der Waals surface area contributed by atoms with Crippen molar-refractivity contribution in [1.82, 2.24) is 0 Å². The molecular weight excluding hydrogens is 483 g/mol. The average Bonchev–Trinajstić information content (AvgIpc) is 3.16. The largest absolute Gasteiger partial charge is 0.497 e. The maximum atomic E-state index is 14.0. The highest BCUT2D eigenvalue weighted by Gasteiger charge is 2.18. The second-order valence-corrected chi connectivity index (χ2v) is 8.43. The third-order valence-corrected chi connectivity index (χ3v) is 6.16. The van der Waals surface area contributed by atoms with Crippen LogP contribution < -0.4 is 18.9 Å². The first-order valence-corrected chi connectivity index (χ1v) is 11.5. The maximum absolute atomic E-state index is 14.0. The van der Waals surface area contributed by atoms with Crippen LogP contribution in [0.15, 0.2) is 60.7 Å². The smallest absolute Gasteiger partial charge is 0.165 e. The Hall–Kier alpha value is -2.77. The zero-order valence-electron chi connectivity index (χ0n) is 17.0. The third kappa shape index (κ3) is 4.62. The van der Waals surface area contributed by atoms with Gasteiger partial charge in [0, 0.05) is 15.4 Å². The summed E-state index contributed by atoms with van der Waals surface area (Å²) in [5.74, 6) is 2.69.